The quantitative estimate of drug-likeness (QED) is 0.662. The van der Waals surface area contributed by atoms with E-state index in [1.165, 1.54) is 11.1 Å². The van der Waals surface area contributed by atoms with E-state index in [0.29, 0.717) is 6.10 Å². The van der Waals surface area contributed by atoms with Crippen LogP contribution in [0.1, 0.15) is 24.5 Å². The first-order chi connectivity index (χ1) is 6.79. The van der Waals surface area contributed by atoms with Gasteiger partial charge in [0.2, 0.25) is 0 Å². The number of fused-ring (bicyclic) bond motifs is 1. The van der Waals surface area contributed by atoms with Crippen molar-refractivity contribution in [1.29, 1.82) is 0 Å². The number of ether oxygens (including phenoxy) is 1. The van der Waals surface area contributed by atoms with Crippen molar-refractivity contribution in [3.05, 3.63) is 42.0 Å². The summed E-state index contributed by atoms with van der Waals surface area (Å²) in [4.78, 5) is 0. The van der Waals surface area contributed by atoms with Gasteiger partial charge in [-0.15, -0.1) is 6.58 Å². The molecule has 2 rings (SSSR count). The van der Waals surface area contributed by atoms with Gasteiger partial charge < -0.3 is 4.74 Å². The van der Waals surface area contributed by atoms with Gasteiger partial charge in [0.15, 0.2) is 0 Å². The number of rotatable bonds is 3. The molecule has 0 saturated carbocycles. The van der Waals surface area contributed by atoms with Crippen LogP contribution in [-0.4, -0.2) is 6.10 Å². The third kappa shape index (κ3) is 1.82. The maximum atomic E-state index is 5.65. The maximum absolute atomic E-state index is 5.65. The van der Waals surface area contributed by atoms with Crippen LogP contribution in [0.2, 0.25) is 0 Å². The Morgan fingerprint density at radius 3 is 3.21 bits per heavy atom. The van der Waals surface area contributed by atoms with E-state index in [1.54, 1.807) is 0 Å². The number of benzene rings is 1. The second kappa shape index (κ2) is 3.87. The summed E-state index contributed by atoms with van der Waals surface area (Å²) in [5.74, 6) is 1.07. The standard InChI is InChI=1S/C13H16O/c1-3-4-5-11-6-7-13-12(9-11)8-10(2)14-13/h3,6-7,9-10H,1,4-5,8H2,2H3. The zero-order valence-electron chi connectivity index (χ0n) is 8.62. The normalized spacial score (nSPS) is 18.8. The average molecular weight is 188 g/mol. The summed E-state index contributed by atoms with van der Waals surface area (Å²) in [6.45, 7) is 5.85. The first-order valence-corrected chi connectivity index (χ1v) is 5.19. The van der Waals surface area contributed by atoms with Crippen LogP contribution < -0.4 is 4.74 Å². The highest BCUT2D eigenvalue weighted by molar-refractivity contribution is 5.40. The number of allylic oxidation sites excluding steroid dienone is 1. The van der Waals surface area contributed by atoms with E-state index in [9.17, 15) is 0 Å². The van der Waals surface area contributed by atoms with E-state index in [-0.39, 0.29) is 0 Å². The molecule has 0 aliphatic carbocycles. The Bertz CT molecular complexity index is 341. The summed E-state index contributed by atoms with van der Waals surface area (Å²) < 4.78 is 5.65. The second-order valence-corrected chi connectivity index (χ2v) is 3.90. The zero-order chi connectivity index (χ0) is 9.97. The van der Waals surface area contributed by atoms with Gasteiger partial charge in [0.25, 0.3) is 0 Å². The minimum absolute atomic E-state index is 0.347. The number of hydrogen-bond acceptors (Lipinski definition) is 1. The molecule has 1 heterocycles. The smallest absolute Gasteiger partial charge is 0.123 e. The van der Waals surface area contributed by atoms with Gasteiger partial charge in [-0.2, -0.15) is 0 Å². The van der Waals surface area contributed by atoms with Crippen molar-refractivity contribution in [2.45, 2.75) is 32.3 Å². The predicted molar refractivity (Wildman–Crippen MR) is 58.8 cm³/mol. The van der Waals surface area contributed by atoms with Crippen LogP contribution in [0, 0.1) is 0 Å². The molecule has 0 saturated heterocycles. The van der Waals surface area contributed by atoms with Crippen molar-refractivity contribution in [2.75, 3.05) is 0 Å². The number of aryl methyl sites for hydroxylation is 1. The first-order valence-electron chi connectivity index (χ1n) is 5.19. The highest BCUT2D eigenvalue weighted by Crippen LogP contribution is 2.29. The second-order valence-electron chi connectivity index (χ2n) is 3.90. The molecule has 0 spiro atoms. The van der Waals surface area contributed by atoms with Gasteiger partial charge in [0.05, 0.1) is 0 Å². The number of hydrogen-bond donors (Lipinski definition) is 0. The first kappa shape index (κ1) is 9.32. The molecule has 1 aliphatic heterocycles. The van der Waals surface area contributed by atoms with Crippen molar-refractivity contribution in [3.8, 4) is 5.75 Å². The molecule has 1 aromatic carbocycles. The van der Waals surface area contributed by atoms with Crippen LogP contribution in [0.3, 0.4) is 0 Å². The molecule has 1 nitrogen and oxygen atoms in total. The van der Waals surface area contributed by atoms with E-state index in [1.807, 2.05) is 6.08 Å². The minimum atomic E-state index is 0.347. The molecule has 1 unspecified atom stereocenters. The minimum Gasteiger partial charge on any atom is -0.490 e. The molecule has 1 atom stereocenters. The van der Waals surface area contributed by atoms with Crippen molar-refractivity contribution < 1.29 is 4.74 Å². The van der Waals surface area contributed by atoms with Crippen LogP contribution in [0.25, 0.3) is 0 Å². The molecule has 0 N–H and O–H groups in total. The molecule has 0 bridgehead atoms. The highest BCUT2D eigenvalue weighted by Gasteiger charge is 2.18. The predicted octanol–water partition coefficient (Wildman–Crippen LogP) is 3.13. The fourth-order valence-corrected chi connectivity index (χ4v) is 1.90. The molecule has 74 valence electrons. The monoisotopic (exact) mass is 188 g/mol. The van der Waals surface area contributed by atoms with Gasteiger partial charge in [-0.25, -0.2) is 0 Å². The Morgan fingerprint density at radius 1 is 1.57 bits per heavy atom. The van der Waals surface area contributed by atoms with Crippen LogP contribution in [0.4, 0.5) is 0 Å². The lowest BCUT2D eigenvalue weighted by Gasteiger charge is -2.03. The van der Waals surface area contributed by atoms with E-state index >= 15 is 0 Å². The Labute approximate surface area is 85.4 Å². The summed E-state index contributed by atoms with van der Waals surface area (Å²) in [5, 5.41) is 0. The van der Waals surface area contributed by atoms with E-state index < -0.39 is 0 Å². The van der Waals surface area contributed by atoms with Gasteiger partial charge >= 0.3 is 0 Å². The summed E-state index contributed by atoms with van der Waals surface area (Å²) in [7, 11) is 0. The van der Waals surface area contributed by atoms with Crippen molar-refractivity contribution in [2.24, 2.45) is 0 Å². The highest BCUT2D eigenvalue weighted by atomic mass is 16.5. The van der Waals surface area contributed by atoms with E-state index in [0.717, 1.165) is 25.0 Å². The summed E-state index contributed by atoms with van der Waals surface area (Å²) in [5.41, 5.74) is 2.75. The van der Waals surface area contributed by atoms with Gasteiger partial charge in [-0.3, -0.25) is 0 Å². The summed E-state index contributed by atoms with van der Waals surface area (Å²) >= 11 is 0. The molecule has 0 amide bonds. The summed E-state index contributed by atoms with van der Waals surface area (Å²) in [6.07, 6.45) is 5.50. The molecule has 1 aliphatic rings. The van der Waals surface area contributed by atoms with Crippen molar-refractivity contribution >= 4 is 0 Å². The fraction of sp³-hybridized carbons (Fsp3) is 0.385. The lowest BCUT2D eigenvalue weighted by Crippen LogP contribution is -2.05. The molecular formula is C13H16O. The van der Waals surface area contributed by atoms with Crippen LogP contribution in [0.5, 0.6) is 5.75 Å². The Balaban J connectivity index is 2.15. The van der Waals surface area contributed by atoms with Gasteiger partial charge in [0.1, 0.15) is 11.9 Å². The average Bonchev–Trinajstić information content (AvgIpc) is 2.54. The molecule has 1 aromatic rings. The molecule has 0 aromatic heterocycles. The lowest BCUT2D eigenvalue weighted by atomic mass is 10.0. The molecule has 0 fully saturated rings. The Morgan fingerprint density at radius 2 is 2.43 bits per heavy atom. The largest absolute Gasteiger partial charge is 0.490 e. The van der Waals surface area contributed by atoms with Gasteiger partial charge in [0, 0.05) is 6.42 Å². The SMILES string of the molecule is C=CCCc1ccc2c(c1)CC(C)O2. The maximum Gasteiger partial charge on any atom is 0.123 e. The lowest BCUT2D eigenvalue weighted by molar-refractivity contribution is 0.254. The Hall–Kier alpha value is -1.24. The zero-order valence-corrected chi connectivity index (χ0v) is 8.62. The van der Waals surface area contributed by atoms with Gasteiger partial charge in [-0.1, -0.05) is 18.2 Å². The summed E-state index contributed by atoms with van der Waals surface area (Å²) in [6, 6.07) is 6.51. The third-order valence-electron chi connectivity index (χ3n) is 2.60. The fourth-order valence-electron chi connectivity index (χ4n) is 1.90. The molecule has 0 radical (unpaired) electrons. The van der Waals surface area contributed by atoms with Crippen molar-refractivity contribution in [3.63, 3.8) is 0 Å². The molecule has 14 heavy (non-hydrogen) atoms. The topological polar surface area (TPSA) is 9.23 Å². The molecule has 1 heteroatoms. The Kier molecular flexibility index (Phi) is 2.58. The van der Waals surface area contributed by atoms with Crippen LogP contribution >= 0.6 is 0 Å². The van der Waals surface area contributed by atoms with Crippen LogP contribution in [-0.2, 0) is 12.8 Å². The van der Waals surface area contributed by atoms with E-state index in [2.05, 4.69) is 31.7 Å². The van der Waals surface area contributed by atoms with Crippen molar-refractivity contribution in [1.82, 2.24) is 0 Å². The molecular weight excluding hydrogens is 172 g/mol. The van der Waals surface area contributed by atoms with E-state index in [4.69, 9.17) is 4.74 Å². The van der Waals surface area contributed by atoms with Crippen LogP contribution in [0.15, 0.2) is 30.9 Å². The van der Waals surface area contributed by atoms with Gasteiger partial charge in [-0.05, 0) is 37.0 Å². The third-order valence-corrected chi connectivity index (χ3v) is 2.60.